The highest BCUT2D eigenvalue weighted by atomic mass is 16.1. The predicted octanol–water partition coefficient (Wildman–Crippen LogP) is 3.85. The van der Waals surface area contributed by atoms with Gasteiger partial charge in [-0.1, -0.05) is 49.2 Å². The van der Waals surface area contributed by atoms with E-state index < -0.39 is 0 Å². The quantitative estimate of drug-likeness (QED) is 0.661. The fourth-order valence-electron chi connectivity index (χ4n) is 3.78. The molecule has 1 heteroatoms. The van der Waals surface area contributed by atoms with Crippen molar-refractivity contribution in [3.63, 3.8) is 0 Å². The van der Waals surface area contributed by atoms with Crippen molar-refractivity contribution in [1.82, 2.24) is 0 Å². The van der Waals surface area contributed by atoms with Gasteiger partial charge in [0, 0.05) is 5.56 Å². The Morgan fingerprint density at radius 3 is 2.41 bits per heavy atom. The molecule has 2 aliphatic rings. The molecule has 2 aromatic carbocycles. The van der Waals surface area contributed by atoms with Gasteiger partial charge in [-0.2, -0.15) is 0 Å². The molecule has 4 rings (SSSR count). The first-order valence-electron chi connectivity index (χ1n) is 6.40. The van der Waals surface area contributed by atoms with Crippen molar-refractivity contribution in [3.8, 4) is 0 Å². The number of benzene rings is 2. The second kappa shape index (κ2) is 2.98. The van der Waals surface area contributed by atoms with Gasteiger partial charge in [0.05, 0.1) is 5.41 Å². The lowest BCUT2D eigenvalue weighted by molar-refractivity contribution is 0.0898. The van der Waals surface area contributed by atoms with E-state index in [0.717, 1.165) is 18.4 Å². The van der Waals surface area contributed by atoms with Gasteiger partial charge in [0.15, 0.2) is 5.78 Å². The maximum Gasteiger partial charge on any atom is 0.174 e. The highest BCUT2D eigenvalue weighted by molar-refractivity contribution is 6.20. The lowest BCUT2D eigenvalue weighted by atomic mass is 9.78. The Hall–Kier alpha value is -1.63. The molecule has 1 saturated carbocycles. The normalized spacial score (nSPS) is 20.6. The van der Waals surface area contributed by atoms with E-state index in [4.69, 9.17) is 0 Å². The van der Waals surface area contributed by atoms with Crippen LogP contribution in [0.25, 0.3) is 10.8 Å². The van der Waals surface area contributed by atoms with Crippen LogP contribution >= 0.6 is 0 Å². The molecular formula is C16H14O. The van der Waals surface area contributed by atoms with Crippen molar-refractivity contribution >= 4 is 16.6 Å². The molecular weight excluding hydrogens is 208 g/mol. The van der Waals surface area contributed by atoms with Crippen molar-refractivity contribution in [2.75, 3.05) is 0 Å². The molecule has 0 N–H and O–H groups in total. The van der Waals surface area contributed by atoms with Gasteiger partial charge in [-0.25, -0.2) is 0 Å². The second-order valence-corrected chi connectivity index (χ2v) is 5.33. The summed E-state index contributed by atoms with van der Waals surface area (Å²) in [5.41, 5.74) is 2.09. The van der Waals surface area contributed by atoms with Crippen LogP contribution in [-0.2, 0) is 5.41 Å². The average Bonchev–Trinajstić information content (AvgIpc) is 2.94. The molecule has 2 aromatic rings. The number of rotatable bonds is 0. The smallest absolute Gasteiger partial charge is 0.174 e. The third-order valence-corrected chi connectivity index (χ3v) is 4.56. The van der Waals surface area contributed by atoms with Crippen molar-refractivity contribution in [3.05, 3.63) is 47.5 Å². The van der Waals surface area contributed by atoms with Crippen molar-refractivity contribution in [2.24, 2.45) is 0 Å². The molecule has 2 aliphatic carbocycles. The first-order chi connectivity index (χ1) is 8.33. The molecule has 0 aliphatic heterocycles. The van der Waals surface area contributed by atoms with Gasteiger partial charge in [-0.05, 0) is 29.2 Å². The maximum absolute atomic E-state index is 12.7. The van der Waals surface area contributed by atoms with E-state index in [1.165, 1.54) is 29.2 Å². The fraction of sp³-hybridized carbons (Fsp3) is 0.312. The molecule has 0 amide bonds. The highest BCUT2D eigenvalue weighted by Crippen LogP contribution is 2.51. The molecule has 17 heavy (non-hydrogen) atoms. The summed E-state index contributed by atoms with van der Waals surface area (Å²) in [4.78, 5) is 12.7. The monoisotopic (exact) mass is 222 g/mol. The van der Waals surface area contributed by atoms with Crippen LogP contribution in [0.4, 0.5) is 0 Å². The van der Waals surface area contributed by atoms with Gasteiger partial charge < -0.3 is 0 Å². The Balaban J connectivity index is 2.15. The summed E-state index contributed by atoms with van der Waals surface area (Å²) in [5, 5.41) is 2.44. The molecule has 1 fully saturated rings. The summed E-state index contributed by atoms with van der Waals surface area (Å²) in [5.74, 6) is 0.377. The van der Waals surface area contributed by atoms with Gasteiger partial charge in [0.1, 0.15) is 0 Å². The molecule has 0 atom stereocenters. The average molecular weight is 222 g/mol. The first-order valence-corrected chi connectivity index (χ1v) is 6.40. The molecule has 0 radical (unpaired) electrons. The SMILES string of the molecule is O=C1c2cccc3cccc(c23)C12CCCC2. The molecule has 84 valence electrons. The zero-order chi connectivity index (χ0) is 11.5. The second-order valence-electron chi connectivity index (χ2n) is 5.33. The van der Waals surface area contributed by atoms with Crippen molar-refractivity contribution in [2.45, 2.75) is 31.1 Å². The molecule has 1 nitrogen and oxygen atoms in total. The van der Waals surface area contributed by atoms with Crippen LogP contribution in [0.1, 0.15) is 41.6 Å². The number of hydrogen-bond acceptors (Lipinski definition) is 1. The summed E-state index contributed by atoms with van der Waals surface area (Å²) < 4.78 is 0. The largest absolute Gasteiger partial charge is 0.293 e. The number of Topliss-reactive ketones (excluding diaryl/α,β-unsaturated/α-hetero) is 1. The summed E-state index contributed by atoms with van der Waals surface area (Å²) >= 11 is 0. The Morgan fingerprint density at radius 1 is 0.941 bits per heavy atom. The Bertz CT molecular complexity index is 628. The number of hydrogen-bond donors (Lipinski definition) is 0. The minimum Gasteiger partial charge on any atom is -0.293 e. The minimum atomic E-state index is -0.163. The van der Waals surface area contributed by atoms with E-state index in [0.29, 0.717) is 5.78 Å². The van der Waals surface area contributed by atoms with Crippen LogP contribution in [-0.4, -0.2) is 5.78 Å². The standard InChI is InChI=1S/C16H14O/c17-15-12-7-3-5-11-6-4-8-13(14(11)12)16(15)9-1-2-10-16/h3-8H,1-2,9-10H2. The number of carbonyl (C=O) groups excluding carboxylic acids is 1. The molecule has 0 saturated heterocycles. The Labute approximate surface area is 100 Å². The highest BCUT2D eigenvalue weighted by Gasteiger charge is 2.48. The fourth-order valence-corrected chi connectivity index (χ4v) is 3.78. The van der Waals surface area contributed by atoms with Crippen molar-refractivity contribution < 1.29 is 4.79 Å². The van der Waals surface area contributed by atoms with E-state index >= 15 is 0 Å². The summed E-state index contributed by atoms with van der Waals surface area (Å²) in [6.07, 6.45) is 4.46. The van der Waals surface area contributed by atoms with Gasteiger partial charge in [-0.15, -0.1) is 0 Å². The maximum atomic E-state index is 12.7. The Kier molecular flexibility index (Phi) is 1.65. The Morgan fingerprint density at radius 2 is 1.65 bits per heavy atom. The predicted molar refractivity (Wildman–Crippen MR) is 68.4 cm³/mol. The van der Waals surface area contributed by atoms with Crippen molar-refractivity contribution in [1.29, 1.82) is 0 Å². The molecule has 1 spiro atoms. The third kappa shape index (κ3) is 0.980. The summed E-state index contributed by atoms with van der Waals surface area (Å²) in [6, 6.07) is 12.5. The molecule has 0 bridgehead atoms. The lowest BCUT2D eigenvalue weighted by Gasteiger charge is -2.22. The topological polar surface area (TPSA) is 17.1 Å². The zero-order valence-electron chi connectivity index (χ0n) is 9.70. The van der Waals surface area contributed by atoms with Crippen LogP contribution in [0.15, 0.2) is 36.4 Å². The van der Waals surface area contributed by atoms with E-state index in [1.54, 1.807) is 0 Å². The van der Waals surface area contributed by atoms with Gasteiger partial charge in [0.2, 0.25) is 0 Å². The van der Waals surface area contributed by atoms with E-state index in [-0.39, 0.29) is 5.41 Å². The number of fused-ring (bicyclic) bond motifs is 1. The number of carbonyl (C=O) groups is 1. The van der Waals surface area contributed by atoms with Gasteiger partial charge >= 0.3 is 0 Å². The molecule has 0 heterocycles. The number of ketones is 1. The van der Waals surface area contributed by atoms with Gasteiger partial charge in [-0.3, -0.25) is 4.79 Å². The summed E-state index contributed by atoms with van der Waals surface area (Å²) in [6.45, 7) is 0. The minimum absolute atomic E-state index is 0.163. The molecule has 0 unspecified atom stereocenters. The van der Waals surface area contributed by atoms with E-state index in [9.17, 15) is 4.79 Å². The van der Waals surface area contributed by atoms with Crippen LogP contribution in [0.5, 0.6) is 0 Å². The lowest BCUT2D eigenvalue weighted by Crippen LogP contribution is -2.28. The van der Waals surface area contributed by atoms with E-state index in [1.807, 2.05) is 12.1 Å². The molecule has 0 aromatic heterocycles. The van der Waals surface area contributed by atoms with Crippen LogP contribution in [0.3, 0.4) is 0 Å². The summed E-state index contributed by atoms with van der Waals surface area (Å²) in [7, 11) is 0. The first kappa shape index (κ1) is 9.41. The van der Waals surface area contributed by atoms with Gasteiger partial charge in [0.25, 0.3) is 0 Å². The van der Waals surface area contributed by atoms with E-state index in [2.05, 4.69) is 24.3 Å². The van der Waals surface area contributed by atoms with Crippen LogP contribution in [0, 0.1) is 0 Å². The van der Waals surface area contributed by atoms with Crippen LogP contribution < -0.4 is 0 Å². The third-order valence-electron chi connectivity index (χ3n) is 4.56. The zero-order valence-corrected chi connectivity index (χ0v) is 9.70. The van der Waals surface area contributed by atoms with Crippen LogP contribution in [0.2, 0.25) is 0 Å².